The summed E-state index contributed by atoms with van der Waals surface area (Å²) in [6.07, 6.45) is 2.42. The van der Waals surface area contributed by atoms with Crippen molar-refractivity contribution in [3.8, 4) is 11.5 Å². The highest BCUT2D eigenvalue weighted by atomic mass is 16.7. The Kier molecular flexibility index (Phi) is 2.01. The number of ether oxygens (including phenoxy) is 3. The van der Waals surface area contributed by atoms with Gasteiger partial charge in [-0.05, 0) is 42.5 Å². The summed E-state index contributed by atoms with van der Waals surface area (Å²) in [7, 11) is 0. The predicted octanol–water partition coefficient (Wildman–Crippen LogP) is 1.42. The van der Waals surface area contributed by atoms with Crippen molar-refractivity contribution >= 4 is 0 Å². The van der Waals surface area contributed by atoms with Gasteiger partial charge in [0, 0.05) is 5.41 Å². The van der Waals surface area contributed by atoms with E-state index in [9.17, 15) is 0 Å². The lowest BCUT2D eigenvalue weighted by Crippen LogP contribution is -2.55. The fourth-order valence-corrected chi connectivity index (χ4v) is 3.31. The van der Waals surface area contributed by atoms with Crippen molar-refractivity contribution < 1.29 is 14.2 Å². The molecule has 2 N–H and O–H groups in total. The van der Waals surface area contributed by atoms with Crippen molar-refractivity contribution in [1.29, 1.82) is 0 Å². The monoisotopic (exact) mass is 247 g/mol. The first-order chi connectivity index (χ1) is 8.80. The molecule has 0 spiro atoms. The minimum atomic E-state index is 0.0999. The van der Waals surface area contributed by atoms with Crippen LogP contribution in [0.3, 0.4) is 0 Å². The Morgan fingerprint density at radius 1 is 1.11 bits per heavy atom. The fraction of sp³-hybridized carbons (Fsp3) is 0.571. The summed E-state index contributed by atoms with van der Waals surface area (Å²) in [4.78, 5) is 0. The standard InChI is InChI=1S/C14H17NO3/c15-6-13(3-4-13)14(7-16-8-14)10-1-2-11-12(5-10)18-9-17-11/h1-2,5H,3-4,6-9,15H2. The molecule has 4 rings (SSSR count). The van der Waals surface area contributed by atoms with Crippen LogP contribution in [0.25, 0.3) is 0 Å². The number of hydrogen-bond acceptors (Lipinski definition) is 4. The van der Waals surface area contributed by atoms with E-state index < -0.39 is 0 Å². The highest BCUT2D eigenvalue weighted by Crippen LogP contribution is 2.62. The third kappa shape index (κ3) is 1.17. The van der Waals surface area contributed by atoms with Gasteiger partial charge in [0.1, 0.15) is 0 Å². The normalized spacial score (nSPS) is 25.6. The van der Waals surface area contributed by atoms with Crippen LogP contribution >= 0.6 is 0 Å². The Morgan fingerprint density at radius 3 is 2.50 bits per heavy atom. The Balaban J connectivity index is 1.77. The zero-order chi connectivity index (χ0) is 12.2. The van der Waals surface area contributed by atoms with Gasteiger partial charge in [0.25, 0.3) is 0 Å². The molecule has 2 aliphatic heterocycles. The van der Waals surface area contributed by atoms with Crippen molar-refractivity contribution in [2.45, 2.75) is 18.3 Å². The Bertz CT molecular complexity index is 492. The van der Waals surface area contributed by atoms with E-state index >= 15 is 0 Å². The third-order valence-corrected chi connectivity index (χ3v) is 4.88. The molecule has 96 valence electrons. The lowest BCUT2D eigenvalue weighted by Gasteiger charge is -2.48. The summed E-state index contributed by atoms with van der Waals surface area (Å²) in [6, 6.07) is 6.26. The van der Waals surface area contributed by atoms with Crippen molar-refractivity contribution in [3.63, 3.8) is 0 Å². The summed E-state index contributed by atoms with van der Waals surface area (Å²) in [5, 5.41) is 0. The van der Waals surface area contributed by atoms with Gasteiger partial charge in [-0.1, -0.05) is 6.07 Å². The van der Waals surface area contributed by atoms with Crippen LogP contribution in [0.2, 0.25) is 0 Å². The van der Waals surface area contributed by atoms with Gasteiger partial charge in [-0.15, -0.1) is 0 Å². The topological polar surface area (TPSA) is 53.7 Å². The average molecular weight is 247 g/mol. The second-order valence-electron chi connectivity index (χ2n) is 5.63. The molecule has 1 aliphatic carbocycles. The van der Waals surface area contributed by atoms with Crippen molar-refractivity contribution in [2.24, 2.45) is 11.1 Å². The molecule has 3 aliphatic rings. The van der Waals surface area contributed by atoms with Crippen LogP contribution in [0.5, 0.6) is 11.5 Å². The molecule has 0 amide bonds. The molecule has 1 saturated carbocycles. The predicted molar refractivity (Wildman–Crippen MR) is 65.8 cm³/mol. The average Bonchev–Trinajstić information content (AvgIpc) is 2.99. The Morgan fingerprint density at radius 2 is 1.89 bits per heavy atom. The quantitative estimate of drug-likeness (QED) is 0.877. The number of hydrogen-bond donors (Lipinski definition) is 1. The van der Waals surface area contributed by atoms with Gasteiger partial charge in [-0.3, -0.25) is 0 Å². The van der Waals surface area contributed by atoms with Gasteiger partial charge in [-0.2, -0.15) is 0 Å². The maximum absolute atomic E-state index is 6.00. The molecule has 18 heavy (non-hydrogen) atoms. The van der Waals surface area contributed by atoms with Crippen LogP contribution in [0.4, 0.5) is 0 Å². The first kappa shape index (κ1) is 10.6. The third-order valence-electron chi connectivity index (χ3n) is 4.88. The number of nitrogens with two attached hydrogens (primary N) is 1. The van der Waals surface area contributed by atoms with Crippen molar-refractivity contribution in [1.82, 2.24) is 0 Å². The molecule has 1 saturated heterocycles. The smallest absolute Gasteiger partial charge is 0.231 e. The summed E-state index contributed by atoms with van der Waals surface area (Å²) in [6.45, 7) is 2.63. The van der Waals surface area contributed by atoms with Crippen LogP contribution in [-0.2, 0) is 10.2 Å². The minimum Gasteiger partial charge on any atom is -0.454 e. The van der Waals surface area contributed by atoms with E-state index in [2.05, 4.69) is 12.1 Å². The van der Waals surface area contributed by atoms with Gasteiger partial charge < -0.3 is 19.9 Å². The molecule has 0 atom stereocenters. The number of benzene rings is 1. The second-order valence-corrected chi connectivity index (χ2v) is 5.63. The van der Waals surface area contributed by atoms with Gasteiger partial charge in [0.15, 0.2) is 11.5 Å². The van der Waals surface area contributed by atoms with Crippen molar-refractivity contribution in [2.75, 3.05) is 26.6 Å². The van der Waals surface area contributed by atoms with E-state index in [1.54, 1.807) is 0 Å². The zero-order valence-electron chi connectivity index (χ0n) is 10.3. The molecule has 0 bridgehead atoms. The molecule has 1 aromatic rings. The van der Waals surface area contributed by atoms with E-state index in [-0.39, 0.29) is 10.8 Å². The van der Waals surface area contributed by atoms with E-state index in [1.165, 1.54) is 18.4 Å². The number of fused-ring (bicyclic) bond motifs is 1. The van der Waals surface area contributed by atoms with E-state index in [1.807, 2.05) is 6.07 Å². The molecule has 1 aromatic carbocycles. The first-order valence-corrected chi connectivity index (χ1v) is 6.48. The maximum Gasteiger partial charge on any atom is 0.231 e. The summed E-state index contributed by atoms with van der Waals surface area (Å²) >= 11 is 0. The molecule has 4 heteroatoms. The molecule has 0 aromatic heterocycles. The second kappa shape index (κ2) is 3.39. The zero-order valence-corrected chi connectivity index (χ0v) is 10.3. The van der Waals surface area contributed by atoms with E-state index in [0.29, 0.717) is 6.79 Å². The van der Waals surface area contributed by atoms with Crippen LogP contribution in [0.1, 0.15) is 18.4 Å². The molecular formula is C14H17NO3. The van der Waals surface area contributed by atoms with Gasteiger partial charge in [0.2, 0.25) is 6.79 Å². The molecular weight excluding hydrogens is 230 g/mol. The minimum absolute atomic E-state index is 0.0999. The van der Waals surface area contributed by atoms with E-state index in [4.69, 9.17) is 19.9 Å². The lowest BCUT2D eigenvalue weighted by molar-refractivity contribution is -0.0973. The van der Waals surface area contributed by atoms with E-state index in [0.717, 1.165) is 31.3 Å². The summed E-state index contributed by atoms with van der Waals surface area (Å²) < 4.78 is 16.4. The first-order valence-electron chi connectivity index (χ1n) is 6.48. The van der Waals surface area contributed by atoms with Gasteiger partial charge in [0.05, 0.1) is 13.2 Å². The van der Waals surface area contributed by atoms with Gasteiger partial charge in [-0.25, -0.2) is 0 Å². The van der Waals surface area contributed by atoms with Crippen LogP contribution in [-0.4, -0.2) is 26.6 Å². The Hall–Kier alpha value is -1.26. The Labute approximate surface area is 106 Å². The fourth-order valence-electron chi connectivity index (χ4n) is 3.31. The van der Waals surface area contributed by atoms with Crippen LogP contribution < -0.4 is 15.2 Å². The molecule has 0 unspecified atom stereocenters. The van der Waals surface area contributed by atoms with Crippen LogP contribution in [0, 0.1) is 5.41 Å². The van der Waals surface area contributed by atoms with Gasteiger partial charge >= 0.3 is 0 Å². The SMILES string of the molecule is NCC1(C2(c3ccc4c(c3)OCO4)COC2)CC1. The maximum atomic E-state index is 6.00. The summed E-state index contributed by atoms with van der Waals surface area (Å²) in [5.74, 6) is 1.69. The molecule has 2 heterocycles. The summed E-state index contributed by atoms with van der Waals surface area (Å²) in [5.41, 5.74) is 7.64. The highest BCUT2D eigenvalue weighted by Gasteiger charge is 2.62. The molecule has 4 nitrogen and oxygen atoms in total. The van der Waals surface area contributed by atoms with Crippen LogP contribution in [0.15, 0.2) is 18.2 Å². The number of rotatable bonds is 3. The molecule has 0 radical (unpaired) electrons. The molecule has 2 fully saturated rings. The van der Waals surface area contributed by atoms with Crippen molar-refractivity contribution in [3.05, 3.63) is 23.8 Å². The lowest BCUT2D eigenvalue weighted by atomic mass is 9.66. The highest BCUT2D eigenvalue weighted by molar-refractivity contribution is 5.48. The largest absolute Gasteiger partial charge is 0.454 e.